The molecule has 2 heterocycles. The molecule has 0 aliphatic carbocycles. The van der Waals surface area contributed by atoms with Gasteiger partial charge in [-0.3, -0.25) is 4.79 Å². The third-order valence-corrected chi connectivity index (χ3v) is 5.28. The minimum absolute atomic E-state index is 0.375. The first kappa shape index (κ1) is 17.2. The third kappa shape index (κ3) is 3.39. The van der Waals surface area contributed by atoms with Crippen LogP contribution in [0.4, 0.5) is 4.39 Å². The number of amides is 1. The van der Waals surface area contributed by atoms with Crippen LogP contribution in [0.5, 0.6) is 0 Å². The van der Waals surface area contributed by atoms with E-state index in [1.807, 2.05) is 30.3 Å². The molecule has 0 fully saturated rings. The van der Waals surface area contributed by atoms with Crippen molar-refractivity contribution in [2.75, 3.05) is 0 Å². The number of benzene rings is 2. The monoisotopic (exact) mass is 379 g/mol. The van der Waals surface area contributed by atoms with E-state index >= 15 is 0 Å². The van der Waals surface area contributed by atoms with Gasteiger partial charge in [0.15, 0.2) is 5.65 Å². The summed E-state index contributed by atoms with van der Waals surface area (Å²) in [4.78, 5) is 20.6. The standard InChI is InChI=1S/C19H14FN5OS/c20-13-8-6-12(7-9-13)16(17(21)26)27-19-15-10-24-25(18(15)22-11-23-19)14-4-2-1-3-5-14/h1-11,16H,(H2,21,26)/t16-/m0/s1. The SMILES string of the molecule is NC(=O)[C@@H](Sc1ncnc2c1cnn2-c1ccccc1)c1ccc(F)cc1. The lowest BCUT2D eigenvalue weighted by Gasteiger charge is -2.13. The highest BCUT2D eigenvalue weighted by molar-refractivity contribution is 8.00. The zero-order valence-corrected chi connectivity index (χ0v) is 14.8. The van der Waals surface area contributed by atoms with E-state index in [9.17, 15) is 9.18 Å². The van der Waals surface area contributed by atoms with Crippen molar-refractivity contribution in [1.29, 1.82) is 0 Å². The highest BCUT2D eigenvalue weighted by Gasteiger charge is 2.22. The van der Waals surface area contributed by atoms with Gasteiger partial charge in [0.1, 0.15) is 22.4 Å². The summed E-state index contributed by atoms with van der Waals surface area (Å²) in [5.74, 6) is -0.908. The molecule has 1 atom stereocenters. The van der Waals surface area contributed by atoms with Gasteiger partial charge in [-0.05, 0) is 29.8 Å². The van der Waals surface area contributed by atoms with Gasteiger partial charge in [0.2, 0.25) is 5.91 Å². The van der Waals surface area contributed by atoms with Crippen molar-refractivity contribution in [3.05, 3.63) is 78.5 Å². The highest BCUT2D eigenvalue weighted by Crippen LogP contribution is 2.37. The molecule has 0 saturated carbocycles. The highest BCUT2D eigenvalue weighted by atomic mass is 32.2. The van der Waals surface area contributed by atoms with Gasteiger partial charge in [0.05, 0.1) is 17.3 Å². The van der Waals surface area contributed by atoms with Crippen LogP contribution >= 0.6 is 11.8 Å². The Bertz CT molecular complexity index is 1100. The van der Waals surface area contributed by atoms with Crippen LogP contribution in [0, 0.1) is 5.82 Å². The summed E-state index contributed by atoms with van der Waals surface area (Å²) in [6, 6.07) is 15.3. The fourth-order valence-corrected chi connectivity index (χ4v) is 3.73. The number of fused-ring (bicyclic) bond motifs is 1. The van der Waals surface area contributed by atoms with Crippen molar-refractivity contribution >= 4 is 28.7 Å². The van der Waals surface area contributed by atoms with Gasteiger partial charge in [0, 0.05) is 0 Å². The van der Waals surface area contributed by atoms with Crippen LogP contribution in [-0.4, -0.2) is 25.7 Å². The summed E-state index contributed by atoms with van der Waals surface area (Å²) in [6.07, 6.45) is 3.09. The second-order valence-corrected chi connectivity index (χ2v) is 6.85. The Morgan fingerprint density at radius 1 is 1.07 bits per heavy atom. The molecule has 2 N–H and O–H groups in total. The van der Waals surface area contributed by atoms with E-state index in [0.717, 1.165) is 5.69 Å². The molecule has 0 aliphatic heterocycles. The van der Waals surface area contributed by atoms with Gasteiger partial charge in [-0.25, -0.2) is 19.0 Å². The first-order valence-corrected chi connectivity index (χ1v) is 8.97. The topological polar surface area (TPSA) is 86.7 Å². The fraction of sp³-hybridized carbons (Fsp3) is 0.0526. The predicted octanol–water partition coefficient (Wildman–Crippen LogP) is 3.27. The molecular formula is C19H14FN5OS. The first-order chi connectivity index (χ1) is 13.1. The zero-order valence-electron chi connectivity index (χ0n) is 14.0. The number of thioether (sulfide) groups is 1. The normalized spacial score (nSPS) is 12.2. The summed E-state index contributed by atoms with van der Waals surface area (Å²) in [7, 11) is 0. The minimum atomic E-state index is -0.705. The number of rotatable bonds is 5. The van der Waals surface area contributed by atoms with Crippen molar-refractivity contribution in [3.8, 4) is 5.69 Å². The van der Waals surface area contributed by atoms with Crippen LogP contribution in [0.3, 0.4) is 0 Å². The quantitative estimate of drug-likeness (QED) is 0.425. The Kier molecular flexibility index (Phi) is 4.55. The average molecular weight is 379 g/mol. The van der Waals surface area contributed by atoms with Crippen molar-refractivity contribution in [2.45, 2.75) is 10.3 Å². The van der Waals surface area contributed by atoms with Crippen molar-refractivity contribution in [3.63, 3.8) is 0 Å². The summed E-state index contributed by atoms with van der Waals surface area (Å²) < 4.78 is 14.9. The molecule has 1 amide bonds. The number of halogens is 1. The maximum atomic E-state index is 13.2. The number of aromatic nitrogens is 4. The van der Waals surface area contributed by atoms with Gasteiger partial charge in [-0.1, -0.05) is 42.1 Å². The number of hydrogen-bond acceptors (Lipinski definition) is 5. The number of nitrogens with zero attached hydrogens (tertiary/aromatic N) is 4. The molecule has 134 valence electrons. The Balaban J connectivity index is 1.74. The van der Waals surface area contributed by atoms with Gasteiger partial charge in [0.25, 0.3) is 0 Å². The van der Waals surface area contributed by atoms with E-state index in [2.05, 4.69) is 15.1 Å². The number of primary amides is 1. The Morgan fingerprint density at radius 2 is 1.81 bits per heavy atom. The van der Waals surface area contributed by atoms with Crippen molar-refractivity contribution in [2.24, 2.45) is 5.73 Å². The molecule has 0 unspecified atom stereocenters. The fourth-order valence-electron chi connectivity index (χ4n) is 2.71. The molecule has 27 heavy (non-hydrogen) atoms. The van der Waals surface area contributed by atoms with E-state index in [1.54, 1.807) is 23.0 Å². The second-order valence-electron chi connectivity index (χ2n) is 5.76. The van der Waals surface area contributed by atoms with Gasteiger partial charge < -0.3 is 5.73 Å². The van der Waals surface area contributed by atoms with Crippen LogP contribution in [0.1, 0.15) is 10.8 Å². The molecule has 4 rings (SSSR count). The van der Waals surface area contributed by atoms with E-state index in [0.29, 0.717) is 21.6 Å². The van der Waals surface area contributed by atoms with Crippen LogP contribution in [0.15, 0.2) is 72.1 Å². The van der Waals surface area contributed by atoms with Gasteiger partial charge in [-0.2, -0.15) is 5.10 Å². The average Bonchev–Trinajstić information content (AvgIpc) is 3.12. The van der Waals surface area contributed by atoms with Crippen LogP contribution < -0.4 is 5.73 Å². The molecule has 2 aromatic heterocycles. The summed E-state index contributed by atoms with van der Waals surface area (Å²) in [6.45, 7) is 0. The lowest BCUT2D eigenvalue weighted by atomic mass is 10.1. The molecule has 8 heteroatoms. The summed E-state index contributed by atoms with van der Waals surface area (Å²) in [5.41, 5.74) is 7.68. The van der Waals surface area contributed by atoms with E-state index in [-0.39, 0.29) is 5.82 Å². The molecule has 0 saturated heterocycles. The number of carbonyl (C=O) groups is 1. The maximum absolute atomic E-state index is 13.2. The molecule has 0 aliphatic rings. The molecule has 6 nitrogen and oxygen atoms in total. The smallest absolute Gasteiger partial charge is 0.235 e. The number of para-hydroxylation sites is 1. The zero-order chi connectivity index (χ0) is 18.8. The van der Waals surface area contributed by atoms with Crippen LogP contribution in [-0.2, 0) is 4.79 Å². The minimum Gasteiger partial charge on any atom is -0.368 e. The number of carbonyl (C=O) groups excluding carboxylic acids is 1. The lowest BCUT2D eigenvalue weighted by molar-refractivity contribution is -0.117. The molecule has 0 spiro atoms. The largest absolute Gasteiger partial charge is 0.368 e. The molecular weight excluding hydrogens is 365 g/mol. The summed E-state index contributed by atoms with van der Waals surface area (Å²) >= 11 is 1.19. The van der Waals surface area contributed by atoms with E-state index in [1.165, 1.54) is 30.2 Å². The lowest BCUT2D eigenvalue weighted by Crippen LogP contribution is -2.19. The van der Waals surface area contributed by atoms with E-state index < -0.39 is 11.2 Å². The van der Waals surface area contributed by atoms with Crippen LogP contribution in [0.25, 0.3) is 16.7 Å². The van der Waals surface area contributed by atoms with E-state index in [4.69, 9.17) is 5.73 Å². The second kappa shape index (κ2) is 7.16. The molecule has 0 radical (unpaired) electrons. The molecule has 0 bridgehead atoms. The Labute approximate surface area is 158 Å². The van der Waals surface area contributed by atoms with Gasteiger partial charge >= 0.3 is 0 Å². The van der Waals surface area contributed by atoms with Crippen molar-refractivity contribution in [1.82, 2.24) is 19.7 Å². The van der Waals surface area contributed by atoms with Gasteiger partial charge in [-0.15, -0.1) is 0 Å². The number of hydrogen-bond donors (Lipinski definition) is 1. The van der Waals surface area contributed by atoms with Crippen molar-refractivity contribution < 1.29 is 9.18 Å². The predicted molar refractivity (Wildman–Crippen MR) is 101 cm³/mol. The molecule has 4 aromatic rings. The van der Waals surface area contributed by atoms with Crippen LogP contribution in [0.2, 0.25) is 0 Å². The first-order valence-electron chi connectivity index (χ1n) is 8.09. The molecule has 2 aromatic carbocycles. The maximum Gasteiger partial charge on any atom is 0.235 e. The third-order valence-electron chi connectivity index (χ3n) is 3.99. The summed E-state index contributed by atoms with van der Waals surface area (Å²) in [5, 5.41) is 4.98. The number of nitrogens with two attached hydrogens (primary N) is 1. The Morgan fingerprint density at radius 3 is 2.52 bits per heavy atom. The Hall–Kier alpha value is -3.26.